The second kappa shape index (κ2) is 3.50. The summed E-state index contributed by atoms with van der Waals surface area (Å²) < 4.78 is 5.86. The second-order valence-electron chi connectivity index (χ2n) is 4.40. The van der Waals surface area contributed by atoms with Crippen molar-refractivity contribution >= 4 is 44.3 Å². The van der Waals surface area contributed by atoms with E-state index < -0.39 is 0 Å². The van der Waals surface area contributed by atoms with Gasteiger partial charge in [-0.3, -0.25) is 0 Å². The molecule has 86 valence electrons. The lowest BCUT2D eigenvalue weighted by atomic mass is 10.0. The van der Waals surface area contributed by atoms with Gasteiger partial charge in [0.25, 0.3) is 0 Å². The van der Waals surface area contributed by atoms with Gasteiger partial charge in [0.15, 0.2) is 0 Å². The summed E-state index contributed by atoms with van der Waals surface area (Å²) in [6.07, 6.45) is 0. The summed E-state index contributed by atoms with van der Waals surface area (Å²) in [7, 11) is 0. The van der Waals surface area contributed by atoms with Crippen LogP contribution in [0.3, 0.4) is 0 Å². The molecule has 1 nitrogen and oxygen atoms in total. The Kier molecular flexibility index (Phi) is 1.94. The van der Waals surface area contributed by atoms with Crippen LogP contribution < -0.4 is 0 Å². The SMILES string of the molecule is Clc1ccc2oc3ccc4ccccc4c3c2c1. The van der Waals surface area contributed by atoms with Gasteiger partial charge in [0.1, 0.15) is 11.2 Å². The number of furan rings is 1. The summed E-state index contributed by atoms with van der Waals surface area (Å²) >= 11 is 6.09. The van der Waals surface area contributed by atoms with Crippen LogP contribution in [-0.2, 0) is 0 Å². The van der Waals surface area contributed by atoms with Crippen molar-refractivity contribution in [3.63, 3.8) is 0 Å². The highest BCUT2D eigenvalue weighted by molar-refractivity contribution is 6.32. The highest BCUT2D eigenvalue weighted by Gasteiger charge is 2.10. The zero-order chi connectivity index (χ0) is 12.1. The Morgan fingerprint density at radius 1 is 0.778 bits per heavy atom. The lowest BCUT2D eigenvalue weighted by Crippen LogP contribution is -1.73. The van der Waals surface area contributed by atoms with Crippen molar-refractivity contribution in [1.82, 2.24) is 0 Å². The molecule has 0 aliphatic heterocycles. The van der Waals surface area contributed by atoms with E-state index in [0.717, 1.165) is 27.0 Å². The first-order valence-electron chi connectivity index (χ1n) is 5.82. The van der Waals surface area contributed by atoms with Gasteiger partial charge >= 0.3 is 0 Å². The molecule has 4 aromatic rings. The maximum Gasteiger partial charge on any atom is 0.136 e. The molecule has 0 bridgehead atoms. The van der Waals surface area contributed by atoms with Crippen molar-refractivity contribution in [2.24, 2.45) is 0 Å². The third kappa shape index (κ3) is 1.28. The van der Waals surface area contributed by atoms with Crippen LogP contribution in [0.2, 0.25) is 5.02 Å². The quantitative estimate of drug-likeness (QED) is 0.409. The molecule has 0 saturated heterocycles. The standard InChI is InChI=1S/C16H9ClO/c17-11-6-8-14-13(9-11)16-12-4-2-1-3-10(12)5-7-15(16)18-14/h1-9H. The molecule has 18 heavy (non-hydrogen) atoms. The Hall–Kier alpha value is -1.99. The minimum atomic E-state index is 0.734. The van der Waals surface area contributed by atoms with E-state index in [1.54, 1.807) is 0 Å². The lowest BCUT2D eigenvalue weighted by Gasteiger charge is -1.98. The van der Waals surface area contributed by atoms with Crippen molar-refractivity contribution in [2.45, 2.75) is 0 Å². The van der Waals surface area contributed by atoms with E-state index in [9.17, 15) is 0 Å². The summed E-state index contributed by atoms with van der Waals surface area (Å²) in [5.74, 6) is 0. The topological polar surface area (TPSA) is 13.1 Å². The molecule has 3 aromatic carbocycles. The molecule has 1 heterocycles. The Bertz CT molecular complexity index is 889. The number of hydrogen-bond donors (Lipinski definition) is 0. The largest absolute Gasteiger partial charge is 0.456 e. The number of halogens is 1. The first-order chi connectivity index (χ1) is 8.83. The van der Waals surface area contributed by atoms with Crippen LogP contribution in [-0.4, -0.2) is 0 Å². The highest BCUT2D eigenvalue weighted by atomic mass is 35.5. The fraction of sp³-hybridized carbons (Fsp3) is 0. The Labute approximate surface area is 109 Å². The first kappa shape index (κ1) is 9.98. The first-order valence-corrected chi connectivity index (χ1v) is 6.20. The molecule has 0 N–H and O–H groups in total. The maximum atomic E-state index is 6.09. The minimum Gasteiger partial charge on any atom is -0.456 e. The smallest absolute Gasteiger partial charge is 0.136 e. The van der Waals surface area contributed by atoms with Crippen LogP contribution in [0.15, 0.2) is 59.0 Å². The molecule has 1 aromatic heterocycles. The van der Waals surface area contributed by atoms with Gasteiger partial charge in [-0.25, -0.2) is 0 Å². The van der Waals surface area contributed by atoms with E-state index in [4.69, 9.17) is 16.0 Å². The third-order valence-electron chi connectivity index (χ3n) is 3.32. The summed E-state index contributed by atoms with van der Waals surface area (Å²) in [4.78, 5) is 0. The molecule has 0 radical (unpaired) electrons. The molecule has 0 saturated carbocycles. The van der Waals surface area contributed by atoms with E-state index in [1.807, 2.05) is 36.4 Å². The van der Waals surface area contributed by atoms with Gasteiger partial charge in [-0.15, -0.1) is 0 Å². The summed E-state index contributed by atoms with van der Waals surface area (Å²) in [6, 6.07) is 18.2. The molecular weight excluding hydrogens is 244 g/mol. The normalized spacial score (nSPS) is 11.6. The van der Waals surface area contributed by atoms with Gasteiger partial charge in [-0.1, -0.05) is 41.9 Å². The average molecular weight is 253 g/mol. The zero-order valence-electron chi connectivity index (χ0n) is 9.48. The molecule has 0 aliphatic rings. The minimum absolute atomic E-state index is 0.734. The van der Waals surface area contributed by atoms with Gasteiger partial charge in [0.05, 0.1) is 0 Å². The fourth-order valence-electron chi connectivity index (χ4n) is 2.52. The monoisotopic (exact) mass is 252 g/mol. The molecule has 0 amide bonds. The van der Waals surface area contributed by atoms with Crippen LogP contribution in [0.5, 0.6) is 0 Å². The second-order valence-corrected chi connectivity index (χ2v) is 4.84. The molecular formula is C16H9ClO. The van der Waals surface area contributed by atoms with E-state index >= 15 is 0 Å². The number of rotatable bonds is 0. The van der Waals surface area contributed by atoms with Crippen molar-refractivity contribution in [2.75, 3.05) is 0 Å². The predicted molar refractivity (Wildman–Crippen MR) is 76.2 cm³/mol. The number of benzene rings is 3. The molecule has 0 spiro atoms. The fourth-order valence-corrected chi connectivity index (χ4v) is 2.69. The van der Waals surface area contributed by atoms with Gasteiger partial charge in [-0.2, -0.15) is 0 Å². The third-order valence-corrected chi connectivity index (χ3v) is 3.56. The average Bonchev–Trinajstić information content (AvgIpc) is 2.77. The van der Waals surface area contributed by atoms with Gasteiger partial charge < -0.3 is 4.42 Å². The predicted octanol–water partition coefficient (Wildman–Crippen LogP) is 5.39. The Morgan fingerprint density at radius 2 is 1.61 bits per heavy atom. The van der Waals surface area contributed by atoms with Crippen molar-refractivity contribution in [3.8, 4) is 0 Å². The van der Waals surface area contributed by atoms with Crippen LogP contribution in [0.1, 0.15) is 0 Å². The van der Waals surface area contributed by atoms with Crippen LogP contribution in [0, 0.1) is 0 Å². The summed E-state index contributed by atoms with van der Waals surface area (Å²) in [5, 5.41) is 5.38. The molecule has 0 aliphatic carbocycles. The van der Waals surface area contributed by atoms with E-state index in [1.165, 1.54) is 10.8 Å². The van der Waals surface area contributed by atoms with Crippen LogP contribution in [0.25, 0.3) is 32.7 Å². The summed E-state index contributed by atoms with van der Waals surface area (Å²) in [5.41, 5.74) is 1.79. The lowest BCUT2D eigenvalue weighted by molar-refractivity contribution is 0.669. The van der Waals surface area contributed by atoms with Crippen LogP contribution in [0.4, 0.5) is 0 Å². The van der Waals surface area contributed by atoms with Crippen molar-refractivity contribution in [1.29, 1.82) is 0 Å². The Balaban J connectivity index is 2.35. The highest BCUT2D eigenvalue weighted by Crippen LogP contribution is 2.35. The molecule has 4 rings (SSSR count). The van der Waals surface area contributed by atoms with Crippen molar-refractivity contribution in [3.05, 3.63) is 59.6 Å². The Morgan fingerprint density at radius 3 is 2.56 bits per heavy atom. The molecule has 0 atom stereocenters. The number of fused-ring (bicyclic) bond motifs is 5. The van der Waals surface area contributed by atoms with Gasteiger partial charge in [-0.05, 0) is 35.0 Å². The molecule has 2 heteroatoms. The summed E-state index contributed by atoms with van der Waals surface area (Å²) in [6.45, 7) is 0. The molecule has 0 unspecified atom stereocenters. The van der Waals surface area contributed by atoms with Gasteiger partial charge in [0.2, 0.25) is 0 Å². The maximum absolute atomic E-state index is 6.09. The van der Waals surface area contributed by atoms with E-state index in [2.05, 4.69) is 18.2 Å². The van der Waals surface area contributed by atoms with E-state index in [-0.39, 0.29) is 0 Å². The number of hydrogen-bond acceptors (Lipinski definition) is 1. The zero-order valence-corrected chi connectivity index (χ0v) is 10.2. The van der Waals surface area contributed by atoms with Crippen LogP contribution >= 0.6 is 11.6 Å². The molecule has 0 fully saturated rings. The van der Waals surface area contributed by atoms with Crippen molar-refractivity contribution < 1.29 is 4.42 Å². The van der Waals surface area contributed by atoms with Gasteiger partial charge in [0, 0.05) is 15.8 Å². The van der Waals surface area contributed by atoms with E-state index in [0.29, 0.717) is 0 Å².